The number of aromatic nitrogens is 1. The molecule has 7 nitrogen and oxygen atoms in total. The molecule has 4 rings (SSSR count). The molecule has 0 amide bonds. The molecule has 8 heteroatoms. The number of esters is 1. The summed E-state index contributed by atoms with van der Waals surface area (Å²) in [4.78, 5) is 25.3. The first-order chi connectivity index (χ1) is 16.2. The fourth-order valence-corrected chi connectivity index (χ4v) is 5.45. The van der Waals surface area contributed by atoms with Gasteiger partial charge in [-0.1, -0.05) is 13.8 Å². The van der Waals surface area contributed by atoms with Crippen molar-refractivity contribution < 1.29 is 28.1 Å². The number of methoxy groups -OCH3 is 2. The Morgan fingerprint density at radius 1 is 1.21 bits per heavy atom. The summed E-state index contributed by atoms with van der Waals surface area (Å²) >= 11 is 0. The van der Waals surface area contributed by atoms with Crippen molar-refractivity contribution in [3.05, 3.63) is 45.5 Å². The van der Waals surface area contributed by atoms with Crippen molar-refractivity contribution in [2.45, 2.75) is 52.0 Å². The average Bonchev–Trinajstić information content (AvgIpc) is 3.13. The van der Waals surface area contributed by atoms with Crippen molar-refractivity contribution in [3.63, 3.8) is 0 Å². The highest BCUT2D eigenvalue weighted by molar-refractivity contribution is 5.89. The molecule has 184 valence electrons. The van der Waals surface area contributed by atoms with E-state index in [-0.39, 0.29) is 35.2 Å². The molecule has 1 aromatic carbocycles. The third-order valence-corrected chi connectivity index (χ3v) is 7.00. The van der Waals surface area contributed by atoms with Crippen LogP contribution in [0, 0.1) is 11.2 Å². The Labute approximate surface area is 198 Å². The summed E-state index contributed by atoms with van der Waals surface area (Å²) in [7, 11) is 3.17. The number of hydrogen-bond donors (Lipinski definition) is 0. The van der Waals surface area contributed by atoms with Gasteiger partial charge in [-0.3, -0.25) is 4.79 Å². The normalized spacial score (nSPS) is 19.7. The fourth-order valence-electron chi connectivity index (χ4n) is 5.45. The Hall–Kier alpha value is -2.87. The van der Waals surface area contributed by atoms with Crippen molar-refractivity contribution >= 4 is 5.97 Å². The molecule has 0 bridgehead atoms. The van der Waals surface area contributed by atoms with E-state index in [2.05, 4.69) is 13.8 Å². The number of rotatable bonds is 8. The molecule has 2 aromatic rings. The van der Waals surface area contributed by atoms with Crippen LogP contribution in [-0.2, 0) is 9.47 Å². The highest BCUT2D eigenvalue weighted by Crippen LogP contribution is 2.60. The van der Waals surface area contributed by atoms with Crippen LogP contribution in [0.5, 0.6) is 11.5 Å². The number of fused-ring (bicyclic) bond motifs is 6. The number of benzene rings is 1. The first-order valence-corrected chi connectivity index (χ1v) is 11.7. The first kappa shape index (κ1) is 24.3. The first-order valence-electron chi connectivity index (χ1n) is 11.7. The van der Waals surface area contributed by atoms with Gasteiger partial charge in [-0.2, -0.15) is 0 Å². The number of carbonyl (C=O) groups is 1. The lowest BCUT2D eigenvalue weighted by Gasteiger charge is -2.40. The number of carbonyl (C=O) groups excluding carboxylic acids is 1. The quantitative estimate of drug-likeness (QED) is 0.408. The lowest BCUT2D eigenvalue weighted by molar-refractivity contribution is 0.0522. The summed E-state index contributed by atoms with van der Waals surface area (Å²) in [5.74, 6) is -0.650. The highest BCUT2D eigenvalue weighted by atomic mass is 19.1. The van der Waals surface area contributed by atoms with Crippen LogP contribution in [0.2, 0.25) is 0 Å². The molecule has 1 aliphatic carbocycles. The molecular formula is C26H32FNO6. The lowest BCUT2D eigenvalue weighted by Crippen LogP contribution is -2.34. The summed E-state index contributed by atoms with van der Waals surface area (Å²) < 4.78 is 39.2. The average molecular weight is 474 g/mol. The van der Waals surface area contributed by atoms with Crippen LogP contribution < -0.4 is 14.9 Å². The van der Waals surface area contributed by atoms with Gasteiger partial charge in [0, 0.05) is 43.9 Å². The van der Waals surface area contributed by atoms with Gasteiger partial charge in [-0.15, -0.1) is 0 Å². The van der Waals surface area contributed by atoms with Crippen LogP contribution >= 0.6 is 0 Å². The molecule has 34 heavy (non-hydrogen) atoms. The molecule has 0 saturated heterocycles. The minimum atomic E-state index is -0.955. The van der Waals surface area contributed by atoms with E-state index in [0.717, 1.165) is 24.8 Å². The van der Waals surface area contributed by atoms with Crippen molar-refractivity contribution in [2.75, 3.05) is 34.0 Å². The smallest absolute Gasteiger partial charge is 0.343 e. The van der Waals surface area contributed by atoms with Crippen LogP contribution in [0.15, 0.2) is 23.1 Å². The van der Waals surface area contributed by atoms with Gasteiger partial charge < -0.3 is 23.5 Å². The standard InChI is InChI=1S/C26H32FNO6/c1-6-33-25(30)18-14-28-22(21(27)23(18)29)17-13-19(32-5)20(34-11-7-10-31-4)12-16(17)15-8-9-26(2,3)24(15)28/h12-15,24H,6-11H2,1-5H3/t15-,24+/m0/s1. The predicted octanol–water partition coefficient (Wildman–Crippen LogP) is 4.71. The van der Waals surface area contributed by atoms with Crippen LogP contribution in [0.1, 0.15) is 67.9 Å². The predicted molar refractivity (Wildman–Crippen MR) is 125 cm³/mol. The van der Waals surface area contributed by atoms with E-state index in [1.54, 1.807) is 24.7 Å². The zero-order valence-corrected chi connectivity index (χ0v) is 20.4. The molecular weight excluding hydrogens is 441 g/mol. The molecule has 2 atom stereocenters. The maximum Gasteiger partial charge on any atom is 0.343 e. The molecule has 0 N–H and O–H groups in total. The Balaban J connectivity index is 1.92. The molecule has 1 aromatic heterocycles. The fraction of sp³-hybridized carbons (Fsp3) is 0.538. The van der Waals surface area contributed by atoms with E-state index in [9.17, 15) is 9.59 Å². The van der Waals surface area contributed by atoms with Gasteiger partial charge in [0.2, 0.25) is 5.43 Å². The van der Waals surface area contributed by atoms with Gasteiger partial charge in [-0.25, -0.2) is 9.18 Å². The van der Waals surface area contributed by atoms with E-state index in [1.807, 2.05) is 6.07 Å². The van der Waals surface area contributed by atoms with Gasteiger partial charge in [0.25, 0.3) is 0 Å². The Morgan fingerprint density at radius 2 is 1.97 bits per heavy atom. The van der Waals surface area contributed by atoms with Crippen molar-refractivity contribution in [3.8, 4) is 22.8 Å². The summed E-state index contributed by atoms with van der Waals surface area (Å²) in [6.45, 7) is 7.06. The number of pyridine rings is 1. The van der Waals surface area contributed by atoms with E-state index in [1.165, 1.54) is 13.3 Å². The van der Waals surface area contributed by atoms with E-state index in [4.69, 9.17) is 18.9 Å². The SMILES string of the molecule is CCOC(=O)c1cn2c(c(F)c1=O)-c1cc(OC)c(OCCCOC)cc1[C@@H]1CCC(C)(C)[C@@H]12. The second-order valence-electron chi connectivity index (χ2n) is 9.53. The number of hydrogen-bond acceptors (Lipinski definition) is 6. The minimum Gasteiger partial charge on any atom is -0.493 e. The zero-order valence-electron chi connectivity index (χ0n) is 20.4. The Bertz CT molecular complexity index is 1150. The van der Waals surface area contributed by atoms with Crippen LogP contribution in [0.3, 0.4) is 0 Å². The number of halogens is 1. The van der Waals surface area contributed by atoms with E-state index < -0.39 is 17.2 Å². The minimum absolute atomic E-state index is 0.0710. The number of ether oxygens (including phenoxy) is 4. The van der Waals surface area contributed by atoms with Gasteiger partial charge >= 0.3 is 5.97 Å². The molecule has 0 radical (unpaired) electrons. The van der Waals surface area contributed by atoms with Crippen LogP contribution in [0.25, 0.3) is 11.3 Å². The molecule has 1 aliphatic heterocycles. The van der Waals surface area contributed by atoms with Gasteiger partial charge in [-0.05, 0) is 42.9 Å². The van der Waals surface area contributed by atoms with Crippen molar-refractivity contribution in [1.29, 1.82) is 0 Å². The monoisotopic (exact) mass is 473 g/mol. The van der Waals surface area contributed by atoms with Crippen LogP contribution in [0.4, 0.5) is 4.39 Å². The van der Waals surface area contributed by atoms with Gasteiger partial charge in [0.15, 0.2) is 17.3 Å². The van der Waals surface area contributed by atoms with Crippen molar-refractivity contribution in [1.82, 2.24) is 4.57 Å². The molecule has 0 spiro atoms. The Morgan fingerprint density at radius 3 is 2.65 bits per heavy atom. The van der Waals surface area contributed by atoms with E-state index >= 15 is 4.39 Å². The third-order valence-electron chi connectivity index (χ3n) is 7.00. The van der Waals surface area contributed by atoms with Crippen molar-refractivity contribution in [2.24, 2.45) is 5.41 Å². The number of nitrogens with zero attached hydrogens (tertiary/aromatic N) is 1. The Kier molecular flexibility index (Phi) is 6.71. The van der Waals surface area contributed by atoms with Crippen LogP contribution in [-0.4, -0.2) is 44.6 Å². The second kappa shape index (κ2) is 9.41. The molecule has 2 aliphatic rings. The third kappa shape index (κ3) is 3.98. The zero-order chi connectivity index (χ0) is 24.6. The van der Waals surface area contributed by atoms with Gasteiger partial charge in [0.1, 0.15) is 5.56 Å². The lowest BCUT2D eigenvalue weighted by atomic mass is 9.77. The largest absolute Gasteiger partial charge is 0.493 e. The summed E-state index contributed by atoms with van der Waals surface area (Å²) in [5.41, 5.74) is 0.282. The van der Waals surface area contributed by atoms with Gasteiger partial charge in [0.05, 0.1) is 26.0 Å². The molecule has 0 unspecified atom stereocenters. The summed E-state index contributed by atoms with van der Waals surface area (Å²) in [5, 5.41) is 0. The summed E-state index contributed by atoms with van der Waals surface area (Å²) in [6.07, 6.45) is 4.01. The summed E-state index contributed by atoms with van der Waals surface area (Å²) in [6, 6.07) is 3.53. The highest BCUT2D eigenvalue weighted by Gasteiger charge is 2.48. The molecule has 2 heterocycles. The molecule has 1 saturated carbocycles. The maximum absolute atomic E-state index is 15.7. The topological polar surface area (TPSA) is 76.0 Å². The van der Waals surface area contributed by atoms with E-state index in [0.29, 0.717) is 30.3 Å². The molecule has 1 fully saturated rings. The maximum atomic E-state index is 15.7. The second-order valence-corrected chi connectivity index (χ2v) is 9.53.